The van der Waals surface area contributed by atoms with Gasteiger partial charge in [0.05, 0.1) is 12.7 Å². The fraction of sp³-hybridized carbons (Fsp3) is 0.188. The number of hydrogen-bond donors (Lipinski definition) is 1. The van der Waals surface area contributed by atoms with Crippen LogP contribution >= 0.6 is 11.8 Å². The Morgan fingerprint density at radius 1 is 1.20 bits per heavy atom. The van der Waals surface area contributed by atoms with Crippen LogP contribution in [0.2, 0.25) is 0 Å². The van der Waals surface area contributed by atoms with Crippen LogP contribution in [0.15, 0.2) is 52.3 Å². The lowest BCUT2D eigenvalue weighted by molar-refractivity contribution is 0.0697. The van der Waals surface area contributed by atoms with Gasteiger partial charge < -0.3 is 9.84 Å². The molecule has 20 heavy (non-hydrogen) atoms. The summed E-state index contributed by atoms with van der Waals surface area (Å²) in [6.45, 7) is 2.10. The van der Waals surface area contributed by atoms with E-state index in [1.165, 1.54) is 5.56 Å². The number of benzene rings is 2. The van der Waals surface area contributed by atoms with Crippen LogP contribution in [-0.4, -0.2) is 18.2 Å². The minimum absolute atomic E-state index is 0.305. The Balaban J connectivity index is 2.23. The zero-order valence-corrected chi connectivity index (χ0v) is 12.2. The molecule has 0 radical (unpaired) electrons. The molecular weight excluding hydrogens is 272 g/mol. The number of methoxy groups -OCH3 is 1. The van der Waals surface area contributed by atoms with Crippen molar-refractivity contribution in [3.05, 3.63) is 53.6 Å². The number of aryl methyl sites for hydroxylation is 1. The fourth-order valence-electron chi connectivity index (χ4n) is 1.85. The molecule has 0 bridgehead atoms. The summed E-state index contributed by atoms with van der Waals surface area (Å²) in [5.74, 6) is -0.0485. The Morgan fingerprint density at radius 2 is 1.90 bits per heavy atom. The molecule has 0 fully saturated rings. The molecule has 0 saturated carbocycles. The number of hydrogen-bond acceptors (Lipinski definition) is 3. The van der Waals surface area contributed by atoms with Crippen molar-refractivity contribution in [2.75, 3.05) is 7.11 Å². The van der Waals surface area contributed by atoms with Gasteiger partial charge in [-0.2, -0.15) is 0 Å². The maximum Gasteiger partial charge on any atom is 0.335 e. The van der Waals surface area contributed by atoms with Crippen LogP contribution in [0.1, 0.15) is 22.8 Å². The predicted molar refractivity (Wildman–Crippen MR) is 79.9 cm³/mol. The van der Waals surface area contributed by atoms with E-state index in [0.717, 1.165) is 22.0 Å². The number of carboxylic acids is 1. The van der Waals surface area contributed by atoms with Crippen LogP contribution in [0.4, 0.5) is 0 Å². The van der Waals surface area contributed by atoms with E-state index in [1.807, 2.05) is 30.3 Å². The number of ether oxygens (including phenoxy) is 1. The Kier molecular flexibility index (Phi) is 4.69. The van der Waals surface area contributed by atoms with Crippen molar-refractivity contribution in [3.8, 4) is 5.75 Å². The molecule has 4 heteroatoms. The highest BCUT2D eigenvalue weighted by Gasteiger charge is 2.06. The van der Waals surface area contributed by atoms with Crippen LogP contribution in [0.5, 0.6) is 5.75 Å². The standard InChI is InChI=1S/C16H16O3S/c1-3-11-10-13(19-2)6-9-15(11)20-14-7-4-12(5-8-14)16(17)18/h4-10H,3H2,1-2H3,(H,17,18). The molecule has 0 aliphatic carbocycles. The molecule has 0 aliphatic heterocycles. The molecule has 3 nitrogen and oxygen atoms in total. The number of carbonyl (C=O) groups is 1. The van der Waals surface area contributed by atoms with Gasteiger partial charge in [0, 0.05) is 9.79 Å². The molecule has 2 aromatic carbocycles. The van der Waals surface area contributed by atoms with Gasteiger partial charge in [0.15, 0.2) is 0 Å². The van der Waals surface area contributed by atoms with Crippen molar-refractivity contribution in [2.45, 2.75) is 23.1 Å². The zero-order valence-electron chi connectivity index (χ0n) is 11.4. The molecule has 1 N–H and O–H groups in total. The molecule has 0 unspecified atom stereocenters. The van der Waals surface area contributed by atoms with Crippen molar-refractivity contribution in [3.63, 3.8) is 0 Å². The average molecular weight is 288 g/mol. The topological polar surface area (TPSA) is 46.5 Å². The van der Waals surface area contributed by atoms with E-state index in [0.29, 0.717) is 5.56 Å². The van der Waals surface area contributed by atoms with Gasteiger partial charge in [0.25, 0.3) is 0 Å². The van der Waals surface area contributed by atoms with Gasteiger partial charge in [0.2, 0.25) is 0 Å². The normalized spacial score (nSPS) is 10.3. The van der Waals surface area contributed by atoms with Crippen molar-refractivity contribution < 1.29 is 14.6 Å². The number of aromatic carboxylic acids is 1. The van der Waals surface area contributed by atoms with E-state index in [1.54, 1.807) is 31.0 Å². The van der Waals surface area contributed by atoms with Crippen LogP contribution in [-0.2, 0) is 6.42 Å². The third kappa shape index (κ3) is 3.33. The highest BCUT2D eigenvalue weighted by molar-refractivity contribution is 7.99. The van der Waals surface area contributed by atoms with Gasteiger partial charge in [-0.15, -0.1) is 0 Å². The molecular formula is C16H16O3S. The minimum Gasteiger partial charge on any atom is -0.497 e. The monoisotopic (exact) mass is 288 g/mol. The summed E-state index contributed by atoms with van der Waals surface area (Å²) in [5, 5.41) is 8.88. The summed E-state index contributed by atoms with van der Waals surface area (Å²) in [7, 11) is 1.66. The zero-order chi connectivity index (χ0) is 14.5. The predicted octanol–water partition coefficient (Wildman–Crippen LogP) is 4.11. The van der Waals surface area contributed by atoms with E-state index in [9.17, 15) is 4.79 Å². The van der Waals surface area contributed by atoms with Gasteiger partial charge in [0.1, 0.15) is 5.75 Å². The third-order valence-electron chi connectivity index (χ3n) is 2.98. The summed E-state index contributed by atoms with van der Waals surface area (Å²) in [6.07, 6.45) is 0.923. The van der Waals surface area contributed by atoms with Gasteiger partial charge in [-0.1, -0.05) is 18.7 Å². The fourth-order valence-corrected chi connectivity index (χ4v) is 2.85. The first kappa shape index (κ1) is 14.5. The van der Waals surface area contributed by atoms with E-state index in [-0.39, 0.29) is 0 Å². The Hall–Kier alpha value is -1.94. The van der Waals surface area contributed by atoms with Crippen molar-refractivity contribution in [1.29, 1.82) is 0 Å². The summed E-state index contributed by atoms with van der Waals surface area (Å²) < 4.78 is 5.23. The van der Waals surface area contributed by atoms with Crippen LogP contribution in [0.25, 0.3) is 0 Å². The summed E-state index contributed by atoms with van der Waals surface area (Å²) in [4.78, 5) is 13.0. The smallest absolute Gasteiger partial charge is 0.335 e. The van der Waals surface area contributed by atoms with Gasteiger partial charge in [-0.25, -0.2) is 4.79 Å². The molecule has 104 valence electrons. The number of rotatable bonds is 5. The Labute approximate surface area is 122 Å². The third-order valence-corrected chi connectivity index (χ3v) is 4.10. The molecule has 0 amide bonds. The average Bonchev–Trinajstić information content (AvgIpc) is 2.48. The lowest BCUT2D eigenvalue weighted by Crippen LogP contribution is -1.94. The van der Waals surface area contributed by atoms with E-state index < -0.39 is 5.97 Å². The Bertz CT molecular complexity index is 606. The molecule has 0 heterocycles. The number of carboxylic acid groups (broad SMARTS) is 1. The SMILES string of the molecule is CCc1cc(OC)ccc1Sc1ccc(C(=O)O)cc1. The van der Waals surface area contributed by atoms with Crippen LogP contribution in [0.3, 0.4) is 0 Å². The van der Waals surface area contributed by atoms with E-state index in [4.69, 9.17) is 9.84 Å². The van der Waals surface area contributed by atoms with Crippen molar-refractivity contribution in [2.24, 2.45) is 0 Å². The van der Waals surface area contributed by atoms with Crippen molar-refractivity contribution in [1.82, 2.24) is 0 Å². The first-order valence-electron chi connectivity index (χ1n) is 6.32. The lowest BCUT2D eigenvalue weighted by Gasteiger charge is -2.09. The maximum atomic E-state index is 10.8. The first-order valence-corrected chi connectivity index (χ1v) is 7.13. The van der Waals surface area contributed by atoms with Gasteiger partial charge in [-0.3, -0.25) is 0 Å². The van der Waals surface area contributed by atoms with E-state index in [2.05, 4.69) is 6.92 Å². The highest BCUT2D eigenvalue weighted by Crippen LogP contribution is 2.33. The Morgan fingerprint density at radius 3 is 2.45 bits per heavy atom. The second-order valence-corrected chi connectivity index (χ2v) is 5.37. The second kappa shape index (κ2) is 6.48. The highest BCUT2D eigenvalue weighted by atomic mass is 32.2. The largest absolute Gasteiger partial charge is 0.497 e. The van der Waals surface area contributed by atoms with Crippen LogP contribution in [0, 0.1) is 0 Å². The summed E-state index contributed by atoms with van der Waals surface area (Å²) >= 11 is 1.63. The molecule has 2 aromatic rings. The molecule has 2 rings (SSSR count). The van der Waals surface area contributed by atoms with E-state index >= 15 is 0 Å². The molecule has 0 aromatic heterocycles. The summed E-state index contributed by atoms with van der Waals surface area (Å²) in [6, 6.07) is 12.9. The first-order chi connectivity index (χ1) is 9.63. The minimum atomic E-state index is -0.903. The lowest BCUT2D eigenvalue weighted by atomic mass is 10.1. The maximum absolute atomic E-state index is 10.8. The molecule has 0 atom stereocenters. The summed E-state index contributed by atoms with van der Waals surface area (Å²) in [5.41, 5.74) is 1.52. The van der Waals surface area contributed by atoms with Gasteiger partial charge in [-0.05, 0) is 54.4 Å². The molecule has 0 spiro atoms. The van der Waals surface area contributed by atoms with Gasteiger partial charge >= 0.3 is 5.97 Å². The quantitative estimate of drug-likeness (QED) is 0.899. The van der Waals surface area contributed by atoms with Crippen LogP contribution < -0.4 is 4.74 Å². The second-order valence-electron chi connectivity index (χ2n) is 4.26. The van der Waals surface area contributed by atoms with Crippen molar-refractivity contribution >= 4 is 17.7 Å². The molecule has 0 saturated heterocycles. The molecule has 0 aliphatic rings.